The van der Waals surface area contributed by atoms with Gasteiger partial charge >= 0.3 is 0 Å². The van der Waals surface area contributed by atoms with Crippen LogP contribution in [-0.2, 0) is 4.79 Å². The fourth-order valence-corrected chi connectivity index (χ4v) is 3.81. The van der Waals surface area contributed by atoms with E-state index in [1.807, 2.05) is 41.3 Å². The summed E-state index contributed by atoms with van der Waals surface area (Å²) in [4.78, 5) is 19.1. The first kappa shape index (κ1) is 18.4. The number of carbonyl (C=O) groups excluding carboxylic acids is 1. The number of rotatable bonds is 4. The molecule has 0 spiro atoms. The molecule has 2 aromatic carbocycles. The van der Waals surface area contributed by atoms with Crippen molar-refractivity contribution in [3.63, 3.8) is 0 Å². The Bertz CT molecular complexity index is 1000. The molecule has 1 aliphatic heterocycles. The average Bonchev–Trinajstić information content (AvgIpc) is 3.34. The van der Waals surface area contributed by atoms with Gasteiger partial charge in [0.15, 0.2) is 5.82 Å². The highest BCUT2D eigenvalue weighted by Gasteiger charge is 2.39. The van der Waals surface area contributed by atoms with Crippen LogP contribution in [0.2, 0.25) is 5.02 Å². The second-order valence-corrected chi connectivity index (χ2v) is 7.31. The molecule has 5 nitrogen and oxygen atoms in total. The fourth-order valence-electron chi connectivity index (χ4n) is 3.61. The number of likely N-dealkylation sites (tertiary alicyclic amines) is 1. The average molecular weight is 394 g/mol. The fraction of sp³-hybridized carbons (Fsp3) is 0.227. The zero-order valence-corrected chi connectivity index (χ0v) is 16.2. The maximum Gasteiger partial charge on any atom is 0.246 e. The summed E-state index contributed by atoms with van der Waals surface area (Å²) in [6.45, 7) is 2.93. The number of amides is 1. The third-order valence-electron chi connectivity index (χ3n) is 5.03. The number of halogens is 1. The molecular weight excluding hydrogens is 374 g/mol. The molecule has 2 unspecified atom stereocenters. The highest BCUT2D eigenvalue weighted by molar-refractivity contribution is 6.32. The number of benzene rings is 2. The standard InChI is InChI=1S/C22H20ClN3O2/c1-15-24-22(28-25-15)19-14-26(13-18(19)16-7-3-2-4-8-16)21(27)12-11-17-9-5-6-10-20(17)23/h2-12,18-19H,13-14H2,1H3/b12-11+. The van der Waals surface area contributed by atoms with E-state index in [4.69, 9.17) is 16.1 Å². The van der Waals surface area contributed by atoms with Gasteiger partial charge in [0.2, 0.25) is 11.8 Å². The van der Waals surface area contributed by atoms with Gasteiger partial charge in [0, 0.05) is 30.1 Å². The lowest BCUT2D eigenvalue weighted by Crippen LogP contribution is -2.27. The SMILES string of the molecule is Cc1noc(C2CN(C(=O)/C=C/c3ccccc3Cl)CC2c2ccccc2)n1. The summed E-state index contributed by atoms with van der Waals surface area (Å²) in [5, 5.41) is 4.55. The van der Waals surface area contributed by atoms with Gasteiger partial charge < -0.3 is 9.42 Å². The van der Waals surface area contributed by atoms with E-state index in [9.17, 15) is 4.79 Å². The molecule has 0 saturated carbocycles. The van der Waals surface area contributed by atoms with E-state index >= 15 is 0 Å². The molecule has 1 amide bonds. The third kappa shape index (κ3) is 3.85. The Hall–Kier alpha value is -2.92. The predicted octanol–water partition coefficient (Wildman–Crippen LogP) is 4.45. The Morgan fingerprint density at radius 1 is 1.11 bits per heavy atom. The van der Waals surface area contributed by atoms with Crippen LogP contribution >= 0.6 is 11.6 Å². The zero-order valence-electron chi connectivity index (χ0n) is 15.5. The van der Waals surface area contributed by atoms with E-state index in [0.29, 0.717) is 29.8 Å². The Labute approximate surface area is 168 Å². The molecule has 2 heterocycles. The molecule has 3 aromatic rings. The summed E-state index contributed by atoms with van der Waals surface area (Å²) in [7, 11) is 0. The van der Waals surface area contributed by atoms with Gasteiger partial charge in [-0.15, -0.1) is 0 Å². The molecule has 28 heavy (non-hydrogen) atoms. The van der Waals surface area contributed by atoms with Gasteiger partial charge in [-0.05, 0) is 30.2 Å². The number of aryl methyl sites for hydroxylation is 1. The molecule has 0 bridgehead atoms. The van der Waals surface area contributed by atoms with Crippen LogP contribution in [0.15, 0.2) is 65.2 Å². The zero-order chi connectivity index (χ0) is 19.5. The van der Waals surface area contributed by atoms with Crippen LogP contribution in [0.25, 0.3) is 6.08 Å². The monoisotopic (exact) mass is 393 g/mol. The van der Waals surface area contributed by atoms with Gasteiger partial charge in [0.1, 0.15) is 0 Å². The van der Waals surface area contributed by atoms with Crippen LogP contribution in [0.4, 0.5) is 0 Å². The lowest BCUT2D eigenvalue weighted by molar-refractivity contribution is -0.125. The van der Waals surface area contributed by atoms with Crippen molar-refractivity contribution in [2.45, 2.75) is 18.8 Å². The van der Waals surface area contributed by atoms with Gasteiger partial charge in [0.05, 0.1) is 5.92 Å². The molecule has 0 N–H and O–H groups in total. The predicted molar refractivity (Wildman–Crippen MR) is 108 cm³/mol. The minimum absolute atomic E-state index is 0.0266. The van der Waals surface area contributed by atoms with Crippen molar-refractivity contribution in [2.75, 3.05) is 13.1 Å². The molecule has 0 radical (unpaired) electrons. The Balaban J connectivity index is 1.57. The van der Waals surface area contributed by atoms with Crippen molar-refractivity contribution >= 4 is 23.6 Å². The highest BCUT2D eigenvalue weighted by atomic mass is 35.5. The summed E-state index contributed by atoms with van der Waals surface area (Å²) >= 11 is 6.17. The minimum Gasteiger partial charge on any atom is -0.339 e. The Morgan fingerprint density at radius 2 is 1.82 bits per heavy atom. The number of nitrogens with zero attached hydrogens (tertiary/aromatic N) is 3. The first-order valence-corrected chi connectivity index (χ1v) is 9.56. The molecule has 1 aliphatic rings. The van der Waals surface area contributed by atoms with Crippen molar-refractivity contribution in [3.05, 3.63) is 88.5 Å². The van der Waals surface area contributed by atoms with Crippen LogP contribution in [0.1, 0.15) is 34.7 Å². The maximum atomic E-state index is 12.8. The van der Waals surface area contributed by atoms with Crippen LogP contribution < -0.4 is 0 Å². The van der Waals surface area contributed by atoms with Gasteiger partial charge in [0.25, 0.3) is 0 Å². The summed E-state index contributed by atoms with van der Waals surface area (Å²) < 4.78 is 5.44. The quantitative estimate of drug-likeness (QED) is 0.614. The first-order chi connectivity index (χ1) is 13.6. The smallest absolute Gasteiger partial charge is 0.246 e. The highest BCUT2D eigenvalue weighted by Crippen LogP contribution is 2.39. The summed E-state index contributed by atoms with van der Waals surface area (Å²) in [5.41, 5.74) is 1.98. The number of aromatic nitrogens is 2. The van der Waals surface area contributed by atoms with E-state index in [1.54, 1.807) is 25.1 Å². The Kier molecular flexibility index (Phi) is 5.26. The third-order valence-corrected chi connectivity index (χ3v) is 5.37. The molecule has 0 aliphatic carbocycles. The van der Waals surface area contributed by atoms with Crippen molar-refractivity contribution in [2.24, 2.45) is 0 Å². The summed E-state index contributed by atoms with van der Waals surface area (Å²) in [6, 6.07) is 17.6. The molecular formula is C22H20ClN3O2. The lowest BCUT2D eigenvalue weighted by Gasteiger charge is -2.15. The molecule has 2 atom stereocenters. The number of hydrogen-bond acceptors (Lipinski definition) is 4. The molecule has 1 saturated heterocycles. The summed E-state index contributed by atoms with van der Waals surface area (Å²) in [5.74, 6) is 1.21. The maximum absolute atomic E-state index is 12.8. The lowest BCUT2D eigenvalue weighted by atomic mass is 9.89. The van der Waals surface area contributed by atoms with E-state index in [1.165, 1.54) is 0 Å². The van der Waals surface area contributed by atoms with Gasteiger partial charge in [-0.1, -0.05) is 65.3 Å². The van der Waals surface area contributed by atoms with Crippen LogP contribution in [0, 0.1) is 6.92 Å². The molecule has 1 fully saturated rings. The number of carbonyl (C=O) groups is 1. The molecule has 4 rings (SSSR count). The van der Waals surface area contributed by atoms with Crippen LogP contribution in [-0.4, -0.2) is 34.0 Å². The van der Waals surface area contributed by atoms with Crippen LogP contribution in [0.5, 0.6) is 0 Å². The number of hydrogen-bond donors (Lipinski definition) is 0. The molecule has 1 aromatic heterocycles. The second kappa shape index (κ2) is 7.98. The largest absolute Gasteiger partial charge is 0.339 e. The minimum atomic E-state index is -0.0559. The normalized spacial score (nSPS) is 19.4. The van der Waals surface area contributed by atoms with Gasteiger partial charge in [-0.25, -0.2) is 0 Å². The first-order valence-electron chi connectivity index (χ1n) is 9.18. The van der Waals surface area contributed by atoms with Crippen molar-refractivity contribution in [3.8, 4) is 0 Å². The topological polar surface area (TPSA) is 59.2 Å². The van der Waals surface area contributed by atoms with Gasteiger partial charge in [-0.3, -0.25) is 4.79 Å². The van der Waals surface area contributed by atoms with E-state index in [-0.39, 0.29) is 17.7 Å². The molecule has 142 valence electrons. The van der Waals surface area contributed by atoms with E-state index < -0.39 is 0 Å². The second-order valence-electron chi connectivity index (χ2n) is 6.90. The summed E-state index contributed by atoms with van der Waals surface area (Å²) in [6.07, 6.45) is 3.33. The Morgan fingerprint density at radius 3 is 2.54 bits per heavy atom. The van der Waals surface area contributed by atoms with Crippen molar-refractivity contribution < 1.29 is 9.32 Å². The molecule has 6 heteroatoms. The van der Waals surface area contributed by atoms with E-state index in [0.717, 1.165) is 11.1 Å². The van der Waals surface area contributed by atoms with E-state index in [2.05, 4.69) is 22.3 Å². The van der Waals surface area contributed by atoms with Crippen molar-refractivity contribution in [1.82, 2.24) is 15.0 Å². The van der Waals surface area contributed by atoms with Gasteiger partial charge in [-0.2, -0.15) is 4.98 Å². The van der Waals surface area contributed by atoms with Crippen molar-refractivity contribution in [1.29, 1.82) is 0 Å². The van der Waals surface area contributed by atoms with Crippen LogP contribution in [0.3, 0.4) is 0 Å².